The Morgan fingerprint density at radius 1 is 0.932 bits per heavy atom. The lowest BCUT2D eigenvalue weighted by molar-refractivity contribution is 0.0751. The number of nitrogens with two attached hydrogens (primary N) is 2. The van der Waals surface area contributed by atoms with Crippen LogP contribution in [0.1, 0.15) is 80.5 Å². The fraction of sp³-hybridized carbons (Fsp3) is 0.394. The number of nitrogens with one attached hydrogen (secondary N) is 1. The van der Waals surface area contributed by atoms with Crippen LogP contribution in [0, 0.1) is 0 Å². The van der Waals surface area contributed by atoms with Crippen molar-refractivity contribution in [3.05, 3.63) is 88.1 Å². The number of rotatable bonds is 17. The van der Waals surface area contributed by atoms with Gasteiger partial charge in [0.05, 0.1) is 20.3 Å². The molecule has 0 radical (unpaired) electrons. The van der Waals surface area contributed by atoms with E-state index in [2.05, 4.69) is 10.3 Å². The molecule has 0 fully saturated rings. The van der Waals surface area contributed by atoms with E-state index in [0.29, 0.717) is 49.8 Å². The van der Waals surface area contributed by atoms with Crippen molar-refractivity contribution in [1.82, 2.24) is 15.2 Å². The molecule has 3 aromatic rings. The molecule has 0 bridgehead atoms. The number of amides is 3. The van der Waals surface area contributed by atoms with Crippen LogP contribution in [-0.4, -0.2) is 72.7 Å². The third kappa shape index (κ3) is 8.77. The van der Waals surface area contributed by atoms with E-state index in [0.717, 1.165) is 5.56 Å². The van der Waals surface area contributed by atoms with E-state index in [1.807, 2.05) is 38.1 Å². The molecule has 11 nitrogen and oxygen atoms in total. The Labute approximate surface area is 258 Å². The summed E-state index contributed by atoms with van der Waals surface area (Å²) in [5.74, 6) is -1.79. The normalized spacial score (nSPS) is 12.3. The second-order valence-electron chi connectivity index (χ2n) is 10.5. The lowest BCUT2D eigenvalue weighted by Crippen LogP contribution is -2.38. The van der Waals surface area contributed by atoms with Crippen LogP contribution in [0.15, 0.2) is 54.6 Å². The summed E-state index contributed by atoms with van der Waals surface area (Å²) in [4.78, 5) is 45.6. The van der Waals surface area contributed by atoms with Gasteiger partial charge in [0, 0.05) is 60.5 Å². The number of hydrogen-bond donors (Lipinski definition) is 4. The molecule has 0 spiro atoms. The van der Waals surface area contributed by atoms with Gasteiger partial charge in [-0.15, -0.1) is 0 Å². The Morgan fingerprint density at radius 2 is 1.61 bits per heavy atom. The highest BCUT2D eigenvalue weighted by atomic mass is 16.5. The first-order chi connectivity index (χ1) is 21.1. The molecule has 0 unspecified atom stereocenters. The molecule has 2 atom stereocenters. The number of aliphatic hydroxyl groups excluding tert-OH is 1. The minimum atomic E-state index is -1.11. The number of primary amides is 2. The fourth-order valence-electron chi connectivity index (χ4n) is 5.23. The third-order valence-electron chi connectivity index (χ3n) is 7.31. The monoisotopic (exact) mass is 605 g/mol. The van der Waals surface area contributed by atoms with Gasteiger partial charge in [0.25, 0.3) is 5.91 Å². The highest BCUT2D eigenvalue weighted by Crippen LogP contribution is 2.33. The Balaban J connectivity index is 2.15. The Kier molecular flexibility index (Phi) is 12.7. The van der Waals surface area contributed by atoms with Crippen molar-refractivity contribution >= 4 is 17.7 Å². The summed E-state index contributed by atoms with van der Waals surface area (Å²) >= 11 is 0. The van der Waals surface area contributed by atoms with E-state index in [9.17, 15) is 19.5 Å². The van der Waals surface area contributed by atoms with E-state index < -0.39 is 23.8 Å². The predicted octanol–water partition coefficient (Wildman–Crippen LogP) is 3.04. The number of aromatic nitrogens is 1. The minimum absolute atomic E-state index is 0.0252. The number of hydrogen-bond acceptors (Lipinski definition) is 8. The summed E-state index contributed by atoms with van der Waals surface area (Å²) in [5.41, 5.74) is 13.2. The maximum atomic E-state index is 14.1. The van der Waals surface area contributed by atoms with E-state index in [-0.39, 0.29) is 41.1 Å². The SMILES string of the molecule is CCCN(CCC)C(=O)c1cc(C(N)=O)cc(C(N)=O)c1[C@H](Cc1cccc(OC)n1)[C@@H](O)CNCc1cccc(OC)c1. The largest absolute Gasteiger partial charge is 0.497 e. The molecule has 0 aliphatic carbocycles. The fourth-order valence-corrected chi connectivity index (χ4v) is 5.23. The second kappa shape index (κ2) is 16.4. The van der Waals surface area contributed by atoms with Crippen molar-refractivity contribution in [1.29, 1.82) is 0 Å². The first-order valence-electron chi connectivity index (χ1n) is 14.7. The minimum Gasteiger partial charge on any atom is -0.497 e. The average molecular weight is 606 g/mol. The number of carbonyl (C=O) groups is 3. The first-order valence-corrected chi connectivity index (χ1v) is 14.7. The Hall–Kier alpha value is -4.48. The van der Waals surface area contributed by atoms with Crippen molar-refractivity contribution in [2.24, 2.45) is 11.5 Å². The van der Waals surface area contributed by atoms with Gasteiger partial charge in [0.1, 0.15) is 5.75 Å². The molecule has 11 heteroatoms. The number of nitrogens with zero attached hydrogens (tertiary/aromatic N) is 2. The van der Waals surface area contributed by atoms with Crippen LogP contribution in [0.4, 0.5) is 0 Å². The predicted molar refractivity (Wildman–Crippen MR) is 168 cm³/mol. The van der Waals surface area contributed by atoms with Gasteiger partial charge >= 0.3 is 0 Å². The number of aliphatic hydroxyl groups is 1. The Bertz CT molecular complexity index is 1440. The highest BCUT2D eigenvalue weighted by Gasteiger charge is 2.33. The molecular formula is C33H43N5O6. The summed E-state index contributed by atoms with van der Waals surface area (Å²) in [6, 6.07) is 15.5. The molecule has 0 aliphatic rings. The van der Waals surface area contributed by atoms with Crippen LogP contribution in [0.5, 0.6) is 11.6 Å². The number of pyridine rings is 1. The molecule has 0 aliphatic heterocycles. The van der Waals surface area contributed by atoms with E-state index in [1.54, 1.807) is 30.2 Å². The molecule has 0 saturated heterocycles. The number of benzene rings is 2. The summed E-state index contributed by atoms with van der Waals surface area (Å²) in [7, 11) is 3.09. The zero-order chi connectivity index (χ0) is 32.2. The van der Waals surface area contributed by atoms with Crippen LogP contribution in [0.3, 0.4) is 0 Å². The van der Waals surface area contributed by atoms with Gasteiger partial charge in [-0.2, -0.15) is 0 Å². The molecule has 3 rings (SSSR count). The zero-order valence-electron chi connectivity index (χ0n) is 25.8. The highest BCUT2D eigenvalue weighted by molar-refractivity contribution is 6.06. The molecule has 0 saturated carbocycles. The molecule has 1 aromatic heterocycles. The van der Waals surface area contributed by atoms with Crippen LogP contribution in [0.25, 0.3) is 0 Å². The molecule has 3 amide bonds. The summed E-state index contributed by atoms with van der Waals surface area (Å²) in [5, 5.41) is 15.0. The Morgan fingerprint density at radius 3 is 2.23 bits per heavy atom. The molecule has 44 heavy (non-hydrogen) atoms. The van der Waals surface area contributed by atoms with Crippen molar-refractivity contribution in [2.45, 2.75) is 51.7 Å². The van der Waals surface area contributed by atoms with Gasteiger partial charge in [0.15, 0.2) is 0 Å². The first kappa shape index (κ1) is 34.0. The van der Waals surface area contributed by atoms with Gasteiger partial charge < -0.3 is 36.3 Å². The van der Waals surface area contributed by atoms with Crippen molar-refractivity contribution < 1.29 is 29.0 Å². The standard InChI is InChI=1S/C33H43N5O6/c1-5-13-38(14-6-2)33(42)27-17-22(31(34)40)16-26(32(35)41)30(27)25(18-23-10-8-12-29(37-23)44-4)28(39)20-36-19-21-9-7-11-24(15-21)43-3/h7-12,15-17,25,28,36,39H,5-6,13-14,18-20H2,1-4H3,(H2,34,40)(H2,35,41)/t25-,28+/m1/s1. The van der Waals surface area contributed by atoms with Crippen molar-refractivity contribution in [3.63, 3.8) is 0 Å². The van der Waals surface area contributed by atoms with Gasteiger partial charge in [-0.05, 0) is 60.7 Å². The van der Waals surface area contributed by atoms with Gasteiger partial charge in [0.2, 0.25) is 17.7 Å². The molecule has 236 valence electrons. The number of ether oxygens (including phenoxy) is 2. The van der Waals surface area contributed by atoms with E-state index in [4.69, 9.17) is 20.9 Å². The third-order valence-corrected chi connectivity index (χ3v) is 7.31. The van der Waals surface area contributed by atoms with Crippen molar-refractivity contribution in [3.8, 4) is 11.6 Å². The molecular weight excluding hydrogens is 562 g/mol. The zero-order valence-corrected chi connectivity index (χ0v) is 25.8. The summed E-state index contributed by atoms with van der Waals surface area (Å²) < 4.78 is 10.6. The molecule has 6 N–H and O–H groups in total. The van der Waals surface area contributed by atoms with Crippen molar-refractivity contribution in [2.75, 3.05) is 33.9 Å². The van der Waals surface area contributed by atoms with Crippen LogP contribution < -0.4 is 26.3 Å². The average Bonchev–Trinajstić information content (AvgIpc) is 3.02. The van der Waals surface area contributed by atoms with Crippen LogP contribution >= 0.6 is 0 Å². The maximum absolute atomic E-state index is 14.1. The summed E-state index contributed by atoms with van der Waals surface area (Å²) in [6.07, 6.45) is 0.432. The maximum Gasteiger partial charge on any atom is 0.254 e. The molecule has 1 heterocycles. The number of carbonyl (C=O) groups excluding carboxylic acids is 3. The second-order valence-corrected chi connectivity index (χ2v) is 10.5. The smallest absolute Gasteiger partial charge is 0.254 e. The topological polar surface area (TPSA) is 170 Å². The molecule has 2 aromatic carbocycles. The van der Waals surface area contributed by atoms with Gasteiger partial charge in [-0.25, -0.2) is 4.98 Å². The number of methoxy groups -OCH3 is 2. The lowest BCUT2D eigenvalue weighted by Gasteiger charge is -2.30. The lowest BCUT2D eigenvalue weighted by atomic mass is 9.81. The van der Waals surface area contributed by atoms with Gasteiger partial charge in [-0.1, -0.05) is 32.0 Å². The van der Waals surface area contributed by atoms with Crippen LogP contribution in [0.2, 0.25) is 0 Å². The van der Waals surface area contributed by atoms with Gasteiger partial charge in [-0.3, -0.25) is 14.4 Å². The summed E-state index contributed by atoms with van der Waals surface area (Å²) in [6.45, 7) is 5.37. The van der Waals surface area contributed by atoms with Crippen LogP contribution in [-0.2, 0) is 13.0 Å². The quantitative estimate of drug-likeness (QED) is 0.182. The van der Waals surface area contributed by atoms with E-state index >= 15 is 0 Å². The van der Waals surface area contributed by atoms with E-state index in [1.165, 1.54) is 19.2 Å².